The summed E-state index contributed by atoms with van der Waals surface area (Å²) < 4.78 is 26.9. The highest BCUT2D eigenvalue weighted by molar-refractivity contribution is 7.89. The van der Waals surface area contributed by atoms with Crippen LogP contribution in [-0.4, -0.2) is 44.2 Å². The third-order valence-corrected chi connectivity index (χ3v) is 5.54. The van der Waals surface area contributed by atoms with Crippen molar-refractivity contribution in [3.05, 3.63) is 0 Å². The highest BCUT2D eigenvalue weighted by Crippen LogP contribution is 2.23. The second-order valence-electron chi connectivity index (χ2n) is 6.72. The van der Waals surface area contributed by atoms with Crippen LogP contribution in [0.1, 0.15) is 53.4 Å². The molecule has 0 radical (unpaired) electrons. The molecule has 0 aromatic heterocycles. The number of nitrogens with one attached hydrogen (secondary N) is 1. The summed E-state index contributed by atoms with van der Waals surface area (Å²) in [5.41, 5.74) is 0.0685. The van der Waals surface area contributed by atoms with Crippen molar-refractivity contribution in [1.29, 1.82) is 0 Å². The van der Waals surface area contributed by atoms with Gasteiger partial charge in [-0.05, 0) is 44.2 Å². The first kappa shape index (κ1) is 16.9. The molecule has 114 valence electrons. The molecular formula is C14H30N2O2S. The number of sulfonamides is 1. The number of hydrogen-bond donors (Lipinski definition) is 1. The molecule has 0 saturated carbocycles. The number of piperidine rings is 1. The number of hydrogen-bond acceptors (Lipinski definition) is 3. The first-order valence-electron chi connectivity index (χ1n) is 7.46. The highest BCUT2D eigenvalue weighted by atomic mass is 32.2. The standard InChI is InChI=1S/C14H30N2O2S/c1-5-11-16(13-6-9-15-10-7-13)19(17,18)12-8-14(2,3)4/h13,15H,5-12H2,1-4H3. The summed E-state index contributed by atoms with van der Waals surface area (Å²) in [6.45, 7) is 10.9. The van der Waals surface area contributed by atoms with Gasteiger partial charge in [0.15, 0.2) is 0 Å². The van der Waals surface area contributed by atoms with E-state index >= 15 is 0 Å². The molecule has 0 spiro atoms. The SMILES string of the molecule is CCCN(C1CCNCC1)S(=O)(=O)CCC(C)(C)C. The first-order valence-corrected chi connectivity index (χ1v) is 9.07. The summed E-state index contributed by atoms with van der Waals surface area (Å²) in [5.74, 6) is 0.278. The van der Waals surface area contributed by atoms with E-state index in [-0.39, 0.29) is 17.2 Å². The van der Waals surface area contributed by atoms with E-state index in [1.54, 1.807) is 4.31 Å². The number of rotatable bonds is 6. The minimum atomic E-state index is -3.11. The molecule has 1 fully saturated rings. The van der Waals surface area contributed by atoms with Crippen LogP contribution in [0, 0.1) is 5.41 Å². The van der Waals surface area contributed by atoms with Gasteiger partial charge in [0.2, 0.25) is 10.0 Å². The molecule has 19 heavy (non-hydrogen) atoms. The van der Waals surface area contributed by atoms with Crippen molar-refractivity contribution in [3.8, 4) is 0 Å². The van der Waals surface area contributed by atoms with Gasteiger partial charge in [-0.25, -0.2) is 8.42 Å². The van der Waals surface area contributed by atoms with Gasteiger partial charge >= 0.3 is 0 Å². The third-order valence-electron chi connectivity index (χ3n) is 3.63. The Morgan fingerprint density at radius 1 is 1.21 bits per heavy atom. The topological polar surface area (TPSA) is 49.4 Å². The van der Waals surface area contributed by atoms with Gasteiger partial charge < -0.3 is 5.32 Å². The lowest BCUT2D eigenvalue weighted by Crippen LogP contribution is -2.47. The van der Waals surface area contributed by atoms with E-state index in [0.717, 1.165) is 38.8 Å². The van der Waals surface area contributed by atoms with E-state index in [1.165, 1.54) is 0 Å². The minimum absolute atomic E-state index is 0.0685. The Labute approximate surface area is 119 Å². The van der Waals surface area contributed by atoms with E-state index in [9.17, 15) is 8.42 Å². The Balaban J connectivity index is 2.72. The molecule has 0 aliphatic carbocycles. The molecule has 1 N–H and O–H groups in total. The summed E-state index contributed by atoms with van der Waals surface area (Å²) >= 11 is 0. The molecule has 0 atom stereocenters. The highest BCUT2D eigenvalue weighted by Gasteiger charge is 2.30. The second kappa shape index (κ2) is 7.04. The van der Waals surface area contributed by atoms with Crippen LogP contribution in [0.15, 0.2) is 0 Å². The van der Waals surface area contributed by atoms with Gasteiger partial charge in [-0.2, -0.15) is 4.31 Å². The fraction of sp³-hybridized carbons (Fsp3) is 1.00. The smallest absolute Gasteiger partial charge is 0.214 e. The summed E-state index contributed by atoms with van der Waals surface area (Å²) in [6, 6.07) is 0.200. The maximum absolute atomic E-state index is 12.6. The molecule has 0 amide bonds. The van der Waals surface area contributed by atoms with Crippen molar-refractivity contribution < 1.29 is 8.42 Å². The minimum Gasteiger partial charge on any atom is -0.317 e. The largest absolute Gasteiger partial charge is 0.317 e. The van der Waals surface area contributed by atoms with Crippen LogP contribution in [0.25, 0.3) is 0 Å². The Morgan fingerprint density at radius 2 is 1.79 bits per heavy atom. The molecule has 1 heterocycles. The average Bonchev–Trinajstić information content (AvgIpc) is 2.34. The quantitative estimate of drug-likeness (QED) is 0.816. The van der Waals surface area contributed by atoms with Gasteiger partial charge in [0.05, 0.1) is 5.75 Å². The molecule has 0 aromatic rings. The molecule has 1 saturated heterocycles. The Kier molecular flexibility index (Phi) is 6.27. The van der Waals surface area contributed by atoms with Gasteiger partial charge in [-0.15, -0.1) is 0 Å². The van der Waals surface area contributed by atoms with Crippen molar-refractivity contribution in [3.63, 3.8) is 0 Å². The molecule has 0 bridgehead atoms. The summed E-state index contributed by atoms with van der Waals surface area (Å²) in [7, 11) is -3.11. The van der Waals surface area contributed by atoms with Gasteiger partial charge in [0.25, 0.3) is 0 Å². The average molecular weight is 290 g/mol. The zero-order valence-corrected chi connectivity index (χ0v) is 13.7. The molecule has 1 aliphatic heterocycles. The Hall–Kier alpha value is -0.130. The van der Waals surface area contributed by atoms with Crippen LogP contribution in [0.2, 0.25) is 0 Å². The fourth-order valence-corrected chi connectivity index (χ4v) is 4.65. The van der Waals surface area contributed by atoms with Crippen molar-refractivity contribution in [2.45, 2.75) is 59.4 Å². The summed E-state index contributed by atoms with van der Waals surface area (Å²) in [5, 5.41) is 3.30. The van der Waals surface area contributed by atoms with Gasteiger partial charge in [0.1, 0.15) is 0 Å². The molecule has 0 aromatic carbocycles. The van der Waals surface area contributed by atoms with Crippen molar-refractivity contribution in [1.82, 2.24) is 9.62 Å². The van der Waals surface area contributed by atoms with Crippen LogP contribution in [0.3, 0.4) is 0 Å². The van der Waals surface area contributed by atoms with Crippen LogP contribution in [0.4, 0.5) is 0 Å². The van der Waals surface area contributed by atoms with Crippen LogP contribution in [-0.2, 0) is 10.0 Å². The molecular weight excluding hydrogens is 260 g/mol. The summed E-state index contributed by atoms with van der Waals surface area (Å²) in [6.07, 6.45) is 3.49. The predicted molar refractivity (Wildman–Crippen MR) is 80.7 cm³/mol. The van der Waals surface area contributed by atoms with Gasteiger partial charge in [-0.1, -0.05) is 27.7 Å². The third kappa shape index (κ3) is 5.79. The van der Waals surface area contributed by atoms with E-state index in [2.05, 4.69) is 26.1 Å². The second-order valence-corrected chi connectivity index (χ2v) is 8.76. The lowest BCUT2D eigenvalue weighted by atomic mass is 9.94. The van der Waals surface area contributed by atoms with Crippen LogP contribution < -0.4 is 5.32 Å². The van der Waals surface area contributed by atoms with E-state index in [0.29, 0.717) is 6.54 Å². The van der Waals surface area contributed by atoms with E-state index < -0.39 is 10.0 Å². The molecule has 1 rings (SSSR count). The predicted octanol–water partition coefficient (Wildman–Crippen LogP) is 2.22. The molecule has 0 unspecified atom stereocenters. The van der Waals surface area contributed by atoms with Crippen molar-refractivity contribution in [2.75, 3.05) is 25.4 Å². The normalized spacial score (nSPS) is 19.0. The number of nitrogens with zero attached hydrogens (tertiary/aromatic N) is 1. The molecule has 5 heteroatoms. The van der Waals surface area contributed by atoms with Crippen LogP contribution >= 0.6 is 0 Å². The molecule has 4 nitrogen and oxygen atoms in total. The van der Waals surface area contributed by atoms with Crippen molar-refractivity contribution >= 4 is 10.0 Å². The van der Waals surface area contributed by atoms with Crippen molar-refractivity contribution in [2.24, 2.45) is 5.41 Å². The van der Waals surface area contributed by atoms with Gasteiger partial charge in [0, 0.05) is 12.6 Å². The maximum atomic E-state index is 12.6. The first-order chi connectivity index (χ1) is 8.76. The monoisotopic (exact) mass is 290 g/mol. The summed E-state index contributed by atoms with van der Waals surface area (Å²) in [4.78, 5) is 0. The van der Waals surface area contributed by atoms with Crippen LogP contribution in [0.5, 0.6) is 0 Å². The fourth-order valence-electron chi connectivity index (χ4n) is 2.42. The zero-order chi connectivity index (χ0) is 14.5. The molecule has 1 aliphatic rings. The maximum Gasteiger partial charge on any atom is 0.214 e. The lowest BCUT2D eigenvalue weighted by molar-refractivity contribution is 0.260. The Bertz CT molecular complexity index is 354. The van der Waals surface area contributed by atoms with E-state index in [4.69, 9.17) is 0 Å². The van der Waals surface area contributed by atoms with E-state index in [1.807, 2.05) is 6.92 Å². The zero-order valence-electron chi connectivity index (χ0n) is 12.9. The Morgan fingerprint density at radius 3 is 2.26 bits per heavy atom. The van der Waals surface area contributed by atoms with Gasteiger partial charge in [-0.3, -0.25) is 0 Å². The lowest BCUT2D eigenvalue weighted by Gasteiger charge is -2.34.